The Hall–Kier alpha value is -2.00. The number of hydrogen-bond acceptors (Lipinski definition) is 2. The molecule has 0 aliphatic rings. The van der Waals surface area contributed by atoms with Crippen molar-refractivity contribution in [2.24, 2.45) is 0 Å². The number of carbonyl (C=O) groups is 1. The second-order valence-electron chi connectivity index (χ2n) is 4.95. The third-order valence-corrected chi connectivity index (χ3v) is 3.55. The predicted molar refractivity (Wildman–Crippen MR) is 86.1 cm³/mol. The lowest BCUT2D eigenvalue weighted by molar-refractivity contribution is -0.122. The van der Waals surface area contributed by atoms with Crippen LogP contribution in [-0.2, 0) is 4.79 Å². The number of amides is 1. The first-order valence-electron chi connectivity index (χ1n) is 6.77. The second-order valence-corrected chi connectivity index (χ2v) is 5.35. The molecule has 0 fully saturated rings. The van der Waals surface area contributed by atoms with Gasteiger partial charge in [0.1, 0.15) is 5.75 Å². The Morgan fingerprint density at radius 1 is 1.10 bits per heavy atom. The van der Waals surface area contributed by atoms with Crippen molar-refractivity contribution in [2.75, 3.05) is 5.32 Å². The Morgan fingerprint density at radius 3 is 2.33 bits per heavy atom. The molecule has 1 N–H and O–H groups in total. The fourth-order valence-electron chi connectivity index (χ4n) is 2.02. The number of hydrogen-bond donors (Lipinski definition) is 1. The highest BCUT2D eigenvalue weighted by atomic mass is 35.5. The van der Waals surface area contributed by atoms with E-state index in [0.717, 1.165) is 16.8 Å². The molecular weight excluding hydrogens is 286 g/mol. The van der Waals surface area contributed by atoms with Crippen molar-refractivity contribution in [1.29, 1.82) is 0 Å². The van der Waals surface area contributed by atoms with E-state index in [4.69, 9.17) is 16.3 Å². The van der Waals surface area contributed by atoms with Crippen molar-refractivity contribution in [3.8, 4) is 5.75 Å². The van der Waals surface area contributed by atoms with E-state index in [9.17, 15) is 4.79 Å². The molecule has 0 saturated heterocycles. The first kappa shape index (κ1) is 15.4. The van der Waals surface area contributed by atoms with E-state index in [2.05, 4.69) is 5.32 Å². The van der Waals surface area contributed by atoms with E-state index >= 15 is 0 Å². The summed E-state index contributed by atoms with van der Waals surface area (Å²) in [5.74, 6) is 0.302. The minimum Gasteiger partial charge on any atom is -0.479 e. The van der Waals surface area contributed by atoms with Gasteiger partial charge in [0.2, 0.25) is 0 Å². The molecule has 1 atom stereocenters. The van der Waals surface area contributed by atoms with Gasteiger partial charge in [0.05, 0.1) is 5.02 Å². The maximum Gasteiger partial charge on any atom is 0.265 e. The summed E-state index contributed by atoms with van der Waals surface area (Å²) in [6, 6.07) is 13.0. The van der Waals surface area contributed by atoms with Crippen LogP contribution in [0.4, 0.5) is 5.69 Å². The van der Waals surface area contributed by atoms with Crippen LogP contribution < -0.4 is 10.1 Å². The van der Waals surface area contributed by atoms with E-state index in [1.54, 1.807) is 19.1 Å². The van der Waals surface area contributed by atoms with Gasteiger partial charge in [-0.25, -0.2) is 0 Å². The number of carbonyl (C=O) groups excluding carboxylic acids is 1. The predicted octanol–water partition coefficient (Wildman–Crippen LogP) is 4.36. The first-order valence-corrected chi connectivity index (χ1v) is 7.15. The summed E-state index contributed by atoms with van der Waals surface area (Å²) >= 11 is 6.03. The Kier molecular flexibility index (Phi) is 4.86. The van der Waals surface area contributed by atoms with Crippen LogP contribution in [0, 0.1) is 13.8 Å². The zero-order chi connectivity index (χ0) is 15.4. The van der Waals surface area contributed by atoms with Gasteiger partial charge >= 0.3 is 0 Å². The van der Waals surface area contributed by atoms with Crippen molar-refractivity contribution >= 4 is 23.2 Å². The maximum absolute atomic E-state index is 12.3. The van der Waals surface area contributed by atoms with Crippen LogP contribution in [0.15, 0.2) is 42.5 Å². The van der Waals surface area contributed by atoms with Crippen LogP contribution in [0.25, 0.3) is 0 Å². The van der Waals surface area contributed by atoms with Crippen LogP contribution in [0.5, 0.6) is 5.75 Å². The molecule has 0 spiro atoms. The average molecular weight is 304 g/mol. The fourth-order valence-corrected chi connectivity index (χ4v) is 2.20. The molecule has 21 heavy (non-hydrogen) atoms. The smallest absolute Gasteiger partial charge is 0.265 e. The van der Waals surface area contributed by atoms with Crippen molar-refractivity contribution in [2.45, 2.75) is 26.9 Å². The molecule has 2 rings (SSSR count). The molecular formula is C17H18ClNO2. The van der Waals surface area contributed by atoms with Gasteiger partial charge in [0.15, 0.2) is 6.10 Å². The molecule has 0 radical (unpaired) electrons. The number of para-hydroxylation sites is 2. The van der Waals surface area contributed by atoms with E-state index in [1.807, 2.05) is 44.2 Å². The summed E-state index contributed by atoms with van der Waals surface area (Å²) in [6.07, 6.45) is -0.635. The van der Waals surface area contributed by atoms with Gasteiger partial charge in [-0.1, -0.05) is 41.9 Å². The fraction of sp³-hybridized carbons (Fsp3) is 0.235. The number of nitrogens with one attached hydrogen (secondary N) is 1. The van der Waals surface area contributed by atoms with E-state index in [1.165, 1.54) is 0 Å². The summed E-state index contributed by atoms with van der Waals surface area (Å²) in [6.45, 7) is 5.62. The van der Waals surface area contributed by atoms with Crippen LogP contribution in [0.2, 0.25) is 5.02 Å². The molecule has 0 aromatic heterocycles. The number of anilines is 1. The highest BCUT2D eigenvalue weighted by Crippen LogP contribution is 2.25. The van der Waals surface area contributed by atoms with Crippen LogP contribution in [0.3, 0.4) is 0 Å². The maximum atomic E-state index is 12.3. The monoisotopic (exact) mass is 303 g/mol. The van der Waals surface area contributed by atoms with Gasteiger partial charge < -0.3 is 10.1 Å². The van der Waals surface area contributed by atoms with Gasteiger partial charge in [-0.3, -0.25) is 4.79 Å². The molecule has 2 aromatic rings. The summed E-state index contributed by atoms with van der Waals surface area (Å²) in [4.78, 5) is 12.3. The Morgan fingerprint density at radius 2 is 1.71 bits per heavy atom. The van der Waals surface area contributed by atoms with Gasteiger partial charge in [-0.2, -0.15) is 0 Å². The largest absolute Gasteiger partial charge is 0.479 e. The molecule has 4 heteroatoms. The second kappa shape index (κ2) is 6.64. The Labute approximate surface area is 129 Å². The third-order valence-electron chi connectivity index (χ3n) is 3.24. The molecule has 1 unspecified atom stereocenters. The summed E-state index contributed by atoms with van der Waals surface area (Å²) in [5.41, 5.74) is 2.87. The lowest BCUT2D eigenvalue weighted by Crippen LogP contribution is -2.30. The SMILES string of the molecule is Cc1cccc(C)c1NC(=O)C(C)Oc1ccccc1Cl. The van der Waals surface area contributed by atoms with Gasteiger partial charge in [-0.05, 0) is 44.0 Å². The van der Waals surface area contributed by atoms with Crippen LogP contribution >= 0.6 is 11.6 Å². The molecule has 2 aromatic carbocycles. The summed E-state index contributed by atoms with van der Waals surface area (Å²) in [7, 11) is 0. The number of halogens is 1. The zero-order valence-electron chi connectivity index (χ0n) is 12.3. The highest BCUT2D eigenvalue weighted by molar-refractivity contribution is 6.32. The summed E-state index contributed by atoms with van der Waals surface area (Å²) in [5, 5.41) is 3.40. The number of rotatable bonds is 4. The lowest BCUT2D eigenvalue weighted by atomic mass is 10.1. The van der Waals surface area contributed by atoms with Crippen LogP contribution in [-0.4, -0.2) is 12.0 Å². The molecule has 110 valence electrons. The molecule has 0 heterocycles. The molecule has 1 amide bonds. The Bertz CT molecular complexity index is 635. The molecule has 0 aliphatic carbocycles. The Balaban J connectivity index is 2.08. The minimum atomic E-state index is -0.635. The van der Waals surface area contributed by atoms with E-state index in [-0.39, 0.29) is 5.91 Å². The lowest BCUT2D eigenvalue weighted by Gasteiger charge is -2.17. The van der Waals surface area contributed by atoms with Gasteiger partial charge in [0, 0.05) is 5.69 Å². The molecule has 0 saturated carbocycles. The van der Waals surface area contributed by atoms with Crippen LogP contribution in [0.1, 0.15) is 18.1 Å². The zero-order valence-corrected chi connectivity index (χ0v) is 13.1. The van der Waals surface area contributed by atoms with Crippen molar-refractivity contribution < 1.29 is 9.53 Å². The van der Waals surface area contributed by atoms with Gasteiger partial charge in [0.25, 0.3) is 5.91 Å². The molecule has 0 bridgehead atoms. The van der Waals surface area contributed by atoms with Gasteiger partial charge in [-0.15, -0.1) is 0 Å². The van der Waals surface area contributed by atoms with E-state index < -0.39 is 6.10 Å². The summed E-state index contributed by atoms with van der Waals surface area (Å²) < 4.78 is 5.61. The minimum absolute atomic E-state index is 0.202. The third kappa shape index (κ3) is 3.76. The van der Waals surface area contributed by atoms with Crippen molar-refractivity contribution in [3.63, 3.8) is 0 Å². The number of ether oxygens (including phenoxy) is 1. The average Bonchev–Trinajstić information content (AvgIpc) is 2.45. The number of benzene rings is 2. The molecule has 3 nitrogen and oxygen atoms in total. The van der Waals surface area contributed by atoms with Crippen molar-refractivity contribution in [3.05, 3.63) is 58.6 Å². The standard InChI is InChI=1S/C17H18ClNO2/c1-11-7-6-8-12(2)16(11)19-17(20)13(3)21-15-10-5-4-9-14(15)18/h4-10,13H,1-3H3,(H,19,20). The van der Waals surface area contributed by atoms with Crippen molar-refractivity contribution in [1.82, 2.24) is 0 Å². The number of aryl methyl sites for hydroxylation is 2. The first-order chi connectivity index (χ1) is 9.99. The normalized spacial score (nSPS) is 11.8. The quantitative estimate of drug-likeness (QED) is 0.911. The topological polar surface area (TPSA) is 38.3 Å². The van der Waals surface area contributed by atoms with E-state index in [0.29, 0.717) is 10.8 Å². The highest BCUT2D eigenvalue weighted by Gasteiger charge is 2.17. The molecule has 0 aliphatic heterocycles.